The van der Waals surface area contributed by atoms with Crippen molar-refractivity contribution in [2.24, 2.45) is 10.6 Å². The topological polar surface area (TPSA) is 112 Å². The molecule has 4 rings (SSSR count). The number of halogens is 3. The molecule has 1 aliphatic rings. The maximum Gasteiger partial charge on any atom is 0.416 e. The molecule has 0 amide bonds. The molecule has 3 aromatic rings. The Morgan fingerprint density at radius 1 is 1.13 bits per heavy atom. The highest BCUT2D eigenvalue weighted by Gasteiger charge is 2.62. The first-order valence-corrected chi connectivity index (χ1v) is 10.4. The molecule has 2 heterocycles. The summed E-state index contributed by atoms with van der Waals surface area (Å²) < 4.78 is 67.0. The number of primary sulfonamides is 1. The number of sulfonamides is 1. The van der Waals surface area contributed by atoms with E-state index >= 15 is 0 Å². The summed E-state index contributed by atoms with van der Waals surface area (Å²) in [4.78, 5) is 8.22. The molecule has 0 saturated heterocycles. The van der Waals surface area contributed by atoms with Crippen molar-refractivity contribution >= 4 is 10.0 Å². The van der Waals surface area contributed by atoms with Gasteiger partial charge in [-0.15, -0.1) is 0 Å². The lowest BCUT2D eigenvalue weighted by Crippen LogP contribution is -2.13. The molecule has 0 aliphatic heterocycles. The van der Waals surface area contributed by atoms with E-state index in [4.69, 9.17) is 9.66 Å². The van der Waals surface area contributed by atoms with E-state index in [-0.39, 0.29) is 33.7 Å². The van der Waals surface area contributed by atoms with Gasteiger partial charge in [-0.3, -0.25) is 0 Å². The number of benzene rings is 1. The van der Waals surface area contributed by atoms with Gasteiger partial charge >= 0.3 is 6.18 Å². The van der Waals surface area contributed by atoms with Crippen LogP contribution < -0.4 is 5.14 Å². The predicted molar refractivity (Wildman–Crippen MR) is 99.6 cm³/mol. The summed E-state index contributed by atoms with van der Waals surface area (Å²) in [6.07, 6.45) is -3.03. The number of rotatable bonds is 4. The third kappa shape index (κ3) is 3.58. The highest BCUT2D eigenvalue weighted by molar-refractivity contribution is 7.89. The molecule has 0 bridgehead atoms. The van der Waals surface area contributed by atoms with Crippen molar-refractivity contribution in [1.82, 2.24) is 15.1 Å². The van der Waals surface area contributed by atoms with E-state index in [9.17, 15) is 21.6 Å². The minimum Gasteiger partial charge on any atom is -0.339 e. The van der Waals surface area contributed by atoms with Gasteiger partial charge in [0.2, 0.25) is 11.7 Å². The van der Waals surface area contributed by atoms with E-state index < -0.39 is 21.8 Å². The normalized spacial score (nSPS) is 20.9. The molecule has 7 nitrogen and oxygen atoms in total. The molecule has 2 aromatic heterocycles. The van der Waals surface area contributed by atoms with Gasteiger partial charge in [-0.1, -0.05) is 37.2 Å². The molecule has 2 atom stereocenters. The third-order valence-corrected chi connectivity index (χ3v) is 6.22. The van der Waals surface area contributed by atoms with E-state index in [1.807, 2.05) is 13.8 Å². The molecule has 0 unspecified atom stereocenters. The van der Waals surface area contributed by atoms with Crippen LogP contribution in [0.15, 0.2) is 52.1 Å². The zero-order chi connectivity index (χ0) is 21.9. The fourth-order valence-electron chi connectivity index (χ4n) is 3.78. The maximum absolute atomic E-state index is 13.0. The van der Waals surface area contributed by atoms with Crippen LogP contribution in [0.25, 0.3) is 11.4 Å². The number of pyridine rings is 1. The second kappa shape index (κ2) is 6.61. The van der Waals surface area contributed by atoms with Gasteiger partial charge in [0, 0.05) is 17.7 Å². The highest BCUT2D eigenvalue weighted by atomic mass is 32.2. The lowest BCUT2D eigenvalue weighted by Gasteiger charge is -2.06. The van der Waals surface area contributed by atoms with Gasteiger partial charge < -0.3 is 4.52 Å². The molecule has 1 fully saturated rings. The number of nitrogens with two attached hydrogens (primary N) is 1. The van der Waals surface area contributed by atoms with Crippen LogP contribution in [0.4, 0.5) is 13.2 Å². The Morgan fingerprint density at radius 3 is 2.47 bits per heavy atom. The van der Waals surface area contributed by atoms with Gasteiger partial charge in [-0.25, -0.2) is 18.5 Å². The molecule has 1 aromatic carbocycles. The van der Waals surface area contributed by atoms with Gasteiger partial charge in [0.15, 0.2) is 5.03 Å². The number of alkyl halides is 3. The Hall–Kier alpha value is -2.79. The lowest BCUT2D eigenvalue weighted by molar-refractivity contribution is -0.137. The Kier molecular flexibility index (Phi) is 4.51. The summed E-state index contributed by atoms with van der Waals surface area (Å²) in [7, 11) is -3.89. The number of hydrogen-bond donors (Lipinski definition) is 1. The number of aromatic nitrogens is 3. The SMILES string of the molecule is CC1(C)[C@H](c2ccc(S(N)(=O)=O)nc2)[C@H]1c1nc(-c2cccc(C(F)(F)F)c2)no1. The van der Waals surface area contributed by atoms with E-state index in [0.29, 0.717) is 5.89 Å². The van der Waals surface area contributed by atoms with Crippen LogP contribution in [0.3, 0.4) is 0 Å². The lowest BCUT2D eigenvalue weighted by atomic mass is 10.1. The van der Waals surface area contributed by atoms with Crippen LogP contribution in [0.5, 0.6) is 0 Å². The molecule has 1 aliphatic carbocycles. The monoisotopic (exact) mass is 438 g/mol. The maximum atomic E-state index is 13.0. The first kappa shape index (κ1) is 20.5. The van der Waals surface area contributed by atoms with Crippen LogP contribution in [-0.2, 0) is 16.2 Å². The summed E-state index contributed by atoms with van der Waals surface area (Å²) in [5.74, 6) is 0.106. The van der Waals surface area contributed by atoms with Crippen molar-refractivity contribution in [1.29, 1.82) is 0 Å². The van der Waals surface area contributed by atoms with Gasteiger partial charge in [0.05, 0.1) is 11.5 Å². The summed E-state index contributed by atoms with van der Waals surface area (Å²) >= 11 is 0. The molecule has 158 valence electrons. The average Bonchev–Trinajstić information content (AvgIpc) is 3.01. The quantitative estimate of drug-likeness (QED) is 0.665. The first-order chi connectivity index (χ1) is 13.9. The zero-order valence-electron chi connectivity index (χ0n) is 15.9. The van der Waals surface area contributed by atoms with E-state index in [1.165, 1.54) is 24.4 Å². The van der Waals surface area contributed by atoms with Crippen LogP contribution in [0.1, 0.15) is 42.7 Å². The van der Waals surface area contributed by atoms with Crippen molar-refractivity contribution in [2.75, 3.05) is 0 Å². The second-order valence-corrected chi connectivity index (χ2v) is 9.29. The molecular formula is C19H17F3N4O3S. The summed E-state index contributed by atoms with van der Waals surface area (Å²) in [6, 6.07) is 7.68. The average molecular weight is 438 g/mol. The van der Waals surface area contributed by atoms with E-state index in [2.05, 4.69) is 15.1 Å². The fourth-order valence-corrected chi connectivity index (χ4v) is 4.24. The van der Waals surface area contributed by atoms with Crippen LogP contribution in [0.2, 0.25) is 0 Å². The minimum atomic E-state index is -4.47. The van der Waals surface area contributed by atoms with Crippen LogP contribution in [-0.4, -0.2) is 23.5 Å². The second-order valence-electron chi connectivity index (χ2n) is 7.79. The molecule has 2 N–H and O–H groups in total. The first-order valence-electron chi connectivity index (χ1n) is 8.89. The minimum absolute atomic E-state index is 0.0697. The summed E-state index contributed by atoms with van der Waals surface area (Å²) in [6.45, 7) is 3.95. The third-order valence-electron chi connectivity index (χ3n) is 5.39. The van der Waals surface area contributed by atoms with Crippen molar-refractivity contribution in [3.05, 3.63) is 59.6 Å². The Balaban J connectivity index is 1.61. The zero-order valence-corrected chi connectivity index (χ0v) is 16.7. The molecule has 0 radical (unpaired) electrons. The van der Waals surface area contributed by atoms with Gasteiger partial charge in [-0.2, -0.15) is 18.2 Å². The Morgan fingerprint density at radius 2 is 1.87 bits per heavy atom. The number of nitrogens with zero attached hydrogens (tertiary/aromatic N) is 3. The van der Waals surface area contributed by atoms with Gasteiger partial charge in [-0.05, 0) is 29.2 Å². The van der Waals surface area contributed by atoms with E-state index in [0.717, 1.165) is 17.7 Å². The van der Waals surface area contributed by atoms with E-state index in [1.54, 1.807) is 6.07 Å². The molecule has 11 heteroatoms. The Bertz CT molecular complexity index is 1200. The summed E-state index contributed by atoms with van der Waals surface area (Å²) in [5, 5.41) is 8.69. The molecular weight excluding hydrogens is 421 g/mol. The van der Waals surface area contributed by atoms with Crippen molar-refractivity contribution in [3.63, 3.8) is 0 Å². The standard InChI is InChI=1S/C19H17F3N4O3S/c1-18(2)14(11-6-7-13(24-9-11)30(23,27)28)15(18)17-25-16(26-29-17)10-4-3-5-12(8-10)19(20,21)22/h3-9,14-15H,1-2H3,(H2,23,27,28)/t14-,15+/m1/s1. The van der Waals surface area contributed by atoms with Gasteiger partial charge in [0.1, 0.15) is 0 Å². The Labute approximate surface area is 170 Å². The fraction of sp³-hybridized carbons (Fsp3) is 0.316. The van der Waals surface area contributed by atoms with Crippen LogP contribution >= 0.6 is 0 Å². The van der Waals surface area contributed by atoms with Gasteiger partial charge in [0.25, 0.3) is 10.0 Å². The van der Waals surface area contributed by atoms with Crippen molar-refractivity contribution in [2.45, 2.75) is 36.9 Å². The van der Waals surface area contributed by atoms with Crippen molar-refractivity contribution in [3.8, 4) is 11.4 Å². The van der Waals surface area contributed by atoms with Crippen molar-refractivity contribution < 1.29 is 26.1 Å². The smallest absolute Gasteiger partial charge is 0.339 e. The molecule has 30 heavy (non-hydrogen) atoms. The molecule has 1 saturated carbocycles. The molecule has 0 spiro atoms. The van der Waals surface area contributed by atoms with Crippen LogP contribution in [0, 0.1) is 5.41 Å². The predicted octanol–water partition coefficient (Wildman–Crippen LogP) is 3.71. The highest BCUT2D eigenvalue weighted by Crippen LogP contribution is 2.69. The largest absolute Gasteiger partial charge is 0.416 e. The summed E-state index contributed by atoms with van der Waals surface area (Å²) in [5.41, 5.74) is -0.107. The number of hydrogen-bond acceptors (Lipinski definition) is 6.